The van der Waals surface area contributed by atoms with Gasteiger partial charge in [-0.05, 0) is 24.7 Å². The average Bonchev–Trinajstić information content (AvgIpc) is 2.46. The van der Waals surface area contributed by atoms with Crippen LogP contribution < -0.4 is 0 Å². The van der Waals surface area contributed by atoms with Gasteiger partial charge in [-0.2, -0.15) is 0 Å². The van der Waals surface area contributed by atoms with Crippen molar-refractivity contribution in [3.63, 3.8) is 0 Å². The number of carbonyl (C=O) groups excluding carboxylic acids is 1. The highest BCUT2D eigenvalue weighted by molar-refractivity contribution is 5.85. The van der Waals surface area contributed by atoms with Crippen molar-refractivity contribution in [3.8, 4) is 0 Å². The summed E-state index contributed by atoms with van der Waals surface area (Å²) in [6.07, 6.45) is 3.99. The Morgan fingerprint density at radius 3 is 2.62 bits per heavy atom. The summed E-state index contributed by atoms with van der Waals surface area (Å²) in [5, 5.41) is 0. The fraction of sp³-hybridized carbons (Fsp3) is 0.909. The van der Waals surface area contributed by atoms with Crippen molar-refractivity contribution in [1.29, 1.82) is 0 Å². The Kier molecular flexibility index (Phi) is 1.99. The van der Waals surface area contributed by atoms with Crippen molar-refractivity contribution < 1.29 is 9.53 Å². The molecule has 2 fully saturated rings. The molecule has 13 heavy (non-hydrogen) atoms. The molecule has 2 aliphatic rings. The molecule has 74 valence electrons. The molecular weight excluding hydrogens is 164 g/mol. The van der Waals surface area contributed by atoms with E-state index in [0.29, 0.717) is 11.2 Å². The third-order valence-corrected chi connectivity index (χ3v) is 3.64. The van der Waals surface area contributed by atoms with E-state index in [1.165, 1.54) is 0 Å². The summed E-state index contributed by atoms with van der Waals surface area (Å²) in [5.41, 5.74) is 0.239. The highest BCUT2D eigenvalue weighted by Gasteiger charge is 2.46. The minimum Gasteiger partial charge on any atom is -0.381 e. The molecule has 0 aromatic carbocycles. The largest absolute Gasteiger partial charge is 0.381 e. The molecule has 0 bridgehead atoms. The van der Waals surface area contributed by atoms with E-state index in [9.17, 15) is 4.79 Å². The molecule has 0 aromatic heterocycles. The third kappa shape index (κ3) is 1.52. The van der Waals surface area contributed by atoms with E-state index in [1.54, 1.807) is 0 Å². The van der Waals surface area contributed by atoms with Gasteiger partial charge < -0.3 is 4.74 Å². The summed E-state index contributed by atoms with van der Waals surface area (Å²) < 4.78 is 5.46. The zero-order valence-corrected chi connectivity index (χ0v) is 8.56. The van der Waals surface area contributed by atoms with Gasteiger partial charge in [-0.15, -0.1) is 0 Å². The monoisotopic (exact) mass is 182 g/mol. The molecule has 1 spiro atoms. The zero-order chi connectivity index (χ0) is 9.53. The second kappa shape index (κ2) is 2.81. The number of Topliss-reactive ketones (excluding diaryl/α,β-unsaturated/α-hetero) is 1. The van der Waals surface area contributed by atoms with Gasteiger partial charge >= 0.3 is 0 Å². The van der Waals surface area contributed by atoms with E-state index >= 15 is 0 Å². The average molecular weight is 182 g/mol. The molecule has 2 heteroatoms. The van der Waals surface area contributed by atoms with Gasteiger partial charge in [0.1, 0.15) is 5.78 Å². The molecule has 1 heterocycles. The number of ether oxygens (including phenoxy) is 1. The molecule has 1 aliphatic carbocycles. The van der Waals surface area contributed by atoms with Crippen LogP contribution in [-0.4, -0.2) is 19.0 Å². The zero-order valence-electron chi connectivity index (χ0n) is 8.56. The maximum atomic E-state index is 11.6. The van der Waals surface area contributed by atoms with Crippen molar-refractivity contribution in [2.75, 3.05) is 13.2 Å². The third-order valence-electron chi connectivity index (χ3n) is 3.64. The number of hydrogen-bond donors (Lipinski definition) is 0. The van der Waals surface area contributed by atoms with Gasteiger partial charge in [-0.1, -0.05) is 13.8 Å². The van der Waals surface area contributed by atoms with Crippen LogP contribution in [0.3, 0.4) is 0 Å². The molecule has 1 unspecified atom stereocenters. The van der Waals surface area contributed by atoms with Gasteiger partial charge in [0.25, 0.3) is 0 Å². The smallest absolute Gasteiger partial charge is 0.138 e. The molecular formula is C11H18O2. The van der Waals surface area contributed by atoms with Gasteiger partial charge in [0.15, 0.2) is 0 Å². The number of carbonyl (C=O) groups is 1. The summed E-state index contributed by atoms with van der Waals surface area (Å²) >= 11 is 0. The Hall–Kier alpha value is -0.370. The van der Waals surface area contributed by atoms with Crippen LogP contribution in [0.25, 0.3) is 0 Å². The number of ketones is 1. The molecule has 0 amide bonds. The standard InChI is InChI=1S/C11H18O2/c1-10(2)7-11(4-3-9(10)12)5-6-13-8-11/h3-8H2,1-2H3. The van der Waals surface area contributed by atoms with Crippen LogP contribution in [-0.2, 0) is 9.53 Å². The van der Waals surface area contributed by atoms with E-state index in [2.05, 4.69) is 13.8 Å². The number of rotatable bonds is 0. The van der Waals surface area contributed by atoms with Crippen LogP contribution in [0.4, 0.5) is 0 Å². The molecule has 0 aromatic rings. The summed E-state index contributed by atoms with van der Waals surface area (Å²) in [7, 11) is 0. The summed E-state index contributed by atoms with van der Waals surface area (Å²) in [6, 6.07) is 0. The lowest BCUT2D eigenvalue weighted by atomic mass is 9.63. The first-order valence-corrected chi connectivity index (χ1v) is 5.15. The molecule has 1 saturated carbocycles. The molecule has 0 N–H and O–H groups in total. The summed E-state index contributed by atoms with van der Waals surface area (Å²) in [6.45, 7) is 5.93. The first-order chi connectivity index (χ1) is 6.04. The van der Waals surface area contributed by atoms with Gasteiger partial charge in [0, 0.05) is 18.4 Å². The molecule has 0 radical (unpaired) electrons. The topological polar surface area (TPSA) is 26.3 Å². The molecule has 1 saturated heterocycles. The minimum atomic E-state index is -0.105. The highest BCUT2D eigenvalue weighted by atomic mass is 16.5. The van der Waals surface area contributed by atoms with Crippen LogP contribution in [0.15, 0.2) is 0 Å². The van der Waals surface area contributed by atoms with Crippen LogP contribution in [0.5, 0.6) is 0 Å². The Labute approximate surface area is 79.7 Å². The molecule has 2 nitrogen and oxygen atoms in total. The van der Waals surface area contributed by atoms with E-state index in [1.807, 2.05) is 0 Å². The predicted octanol–water partition coefficient (Wildman–Crippen LogP) is 2.17. The van der Waals surface area contributed by atoms with Crippen molar-refractivity contribution in [1.82, 2.24) is 0 Å². The fourth-order valence-electron chi connectivity index (χ4n) is 2.83. The maximum absolute atomic E-state index is 11.6. The minimum absolute atomic E-state index is 0.105. The van der Waals surface area contributed by atoms with Gasteiger partial charge in [-0.25, -0.2) is 0 Å². The second-order valence-electron chi connectivity index (χ2n) is 5.29. The van der Waals surface area contributed by atoms with Crippen LogP contribution in [0.2, 0.25) is 0 Å². The number of hydrogen-bond acceptors (Lipinski definition) is 2. The van der Waals surface area contributed by atoms with E-state index < -0.39 is 0 Å². The van der Waals surface area contributed by atoms with Crippen molar-refractivity contribution in [3.05, 3.63) is 0 Å². The van der Waals surface area contributed by atoms with Crippen LogP contribution >= 0.6 is 0 Å². The van der Waals surface area contributed by atoms with Crippen LogP contribution in [0, 0.1) is 10.8 Å². The highest BCUT2D eigenvalue weighted by Crippen LogP contribution is 2.48. The second-order valence-corrected chi connectivity index (χ2v) is 5.29. The van der Waals surface area contributed by atoms with E-state index in [0.717, 1.165) is 38.9 Å². The SMILES string of the molecule is CC1(C)CC2(CCOC2)CCC1=O. The van der Waals surface area contributed by atoms with E-state index in [4.69, 9.17) is 4.74 Å². The lowest BCUT2D eigenvalue weighted by Crippen LogP contribution is -2.39. The van der Waals surface area contributed by atoms with E-state index in [-0.39, 0.29) is 5.41 Å². The Morgan fingerprint density at radius 1 is 1.31 bits per heavy atom. The van der Waals surface area contributed by atoms with Crippen molar-refractivity contribution >= 4 is 5.78 Å². The Balaban J connectivity index is 2.14. The quantitative estimate of drug-likeness (QED) is 0.574. The Morgan fingerprint density at radius 2 is 2.08 bits per heavy atom. The first kappa shape index (κ1) is 9.20. The van der Waals surface area contributed by atoms with Gasteiger partial charge in [0.05, 0.1) is 6.61 Å². The normalized spacial score (nSPS) is 38.5. The van der Waals surface area contributed by atoms with Crippen LogP contribution in [0.1, 0.15) is 39.5 Å². The lowest BCUT2D eigenvalue weighted by molar-refractivity contribution is -0.133. The molecule has 1 atom stereocenters. The van der Waals surface area contributed by atoms with Gasteiger partial charge in [0.2, 0.25) is 0 Å². The predicted molar refractivity (Wildman–Crippen MR) is 50.5 cm³/mol. The van der Waals surface area contributed by atoms with Crippen molar-refractivity contribution in [2.24, 2.45) is 10.8 Å². The lowest BCUT2D eigenvalue weighted by Gasteiger charge is -2.40. The molecule has 1 aliphatic heterocycles. The Bertz CT molecular complexity index is 224. The summed E-state index contributed by atoms with van der Waals surface area (Å²) in [5.74, 6) is 0.435. The first-order valence-electron chi connectivity index (χ1n) is 5.15. The summed E-state index contributed by atoms with van der Waals surface area (Å²) in [4.78, 5) is 11.6. The molecule has 2 rings (SSSR count). The van der Waals surface area contributed by atoms with Gasteiger partial charge in [-0.3, -0.25) is 4.79 Å². The van der Waals surface area contributed by atoms with Crippen molar-refractivity contribution in [2.45, 2.75) is 39.5 Å². The maximum Gasteiger partial charge on any atom is 0.138 e. The fourth-order valence-corrected chi connectivity index (χ4v) is 2.83.